The standard InChI is InChI=1S/C14H20BrNO2S2/c1-10-9-13(19-14(10)15)20(17,18)16-8-4-6-11-5-2-3-7-12(11)16/h9,11-12H,2-8H2,1H3/t11-,12-/m1/s1. The summed E-state index contributed by atoms with van der Waals surface area (Å²) in [5, 5.41) is 0. The van der Waals surface area contributed by atoms with Gasteiger partial charge in [0, 0.05) is 12.6 Å². The first-order chi connectivity index (χ1) is 9.50. The molecule has 2 aliphatic rings. The van der Waals surface area contributed by atoms with Crippen LogP contribution in [0.2, 0.25) is 0 Å². The summed E-state index contributed by atoms with van der Waals surface area (Å²) in [6.45, 7) is 2.64. The molecule has 20 heavy (non-hydrogen) atoms. The molecule has 0 bridgehead atoms. The Kier molecular flexibility index (Phi) is 4.28. The van der Waals surface area contributed by atoms with E-state index in [4.69, 9.17) is 0 Å². The highest BCUT2D eigenvalue weighted by molar-refractivity contribution is 9.11. The normalized spacial score (nSPS) is 28.3. The topological polar surface area (TPSA) is 37.4 Å². The van der Waals surface area contributed by atoms with Crippen molar-refractivity contribution >= 4 is 37.3 Å². The summed E-state index contributed by atoms with van der Waals surface area (Å²) in [7, 11) is -3.31. The number of thiophene rings is 1. The molecule has 1 aromatic heterocycles. The molecule has 112 valence electrons. The second-order valence-electron chi connectivity index (χ2n) is 5.89. The van der Waals surface area contributed by atoms with Gasteiger partial charge in [0.05, 0.1) is 3.79 Å². The third kappa shape index (κ3) is 2.60. The van der Waals surface area contributed by atoms with Crippen LogP contribution in [0.3, 0.4) is 0 Å². The van der Waals surface area contributed by atoms with Crippen LogP contribution < -0.4 is 0 Å². The summed E-state index contributed by atoms with van der Waals surface area (Å²) in [6, 6.07) is 2.04. The molecule has 1 saturated carbocycles. The van der Waals surface area contributed by atoms with Crippen LogP contribution in [0.15, 0.2) is 14.1 Å². The number of sulfonamides is 1. The van der Waals surface area contributed by atoms with Crippen LogP contribution in [0.4, 0.5) is 0 Å². The van der Waals surface area contributed by atoms with Crippen LogP contribution >= 0.6 is 27.3 Å². The van der Waals surface area contributed by atoms with Crippen LogP contribution in [0.5, 0.6) is 0 Å². The van der Waals surface area contributed by atoms with Gasteiger partial charge in [0.15, 0.2) is 0 Å². The zero-order chi connectivity index (χ0) is 14.3. The lowest BCUT2D eigenvalue weighted by atomic mass is 9.79. The molecule has 1 saturated heterocycles. The lowest BCUT2D eigenvalue weighted by Gasteiger charge is -2.42. The molecule has 0 aromatic carbocycles. The van der Waals surface area contributed by atoms with Gasteiger partial charge in [0.1, 0.15) is 4.21 Å². The van der Waals surface area contributed by atoms with Crippen LogP contribution in [-0.2, 0) is 10.0 Å². The van der Waals surface area contributed by atoms with Gasteiger partial charge in [0.2, 0.25) is 0 Å². The first-order valence-electron chi connectivity index (χ1n) is 7.28. The van der Waals surface area contributed by atoms with E-state index in [0.717, 1.165) is 22.2 Å². The van der Waals surface area contributed by atoms with E-state index in [0.29, 0.717) is 16.7 Å². The van der Waals surface area contributed by atoms with Crippen molar-refractivity contribution in [3.63, 3.8) is 0 Å². The van der Waals surface area contributed by atoms with Gasteiger partial charge in [0.25, 0.3) is 10.0 Å². The van der Waals surface area contributed by atoms with Gasteiger partial charge < -0.3 is 0 Å². The molecular weight excluding hydrogens is 358 g/mol. The van der Waals surface area contributed by atoms with E-state index < -0.39 is 10.0 Å². The van der Waals surface area contributed by atoms with E-state index in [9.17, 15) is 8.42 Å². The SMILES string of the molecule is Cc1cc(S(=O)(=O)N2CCC[C@H]3CCCC[C@H]32)sc1Br. The first-order valence-corrected chi connectivity index (χ1v) is 10.3. The van der Waals surface area contributed by atoms with Gasteiger partial charge in [-0.15, -0.1) is 11.3 Å². The monoisotopic (exact) mass is 377 g/mol. The molecule has 2 fully saturated rings. The van der Waals surface area contributed by atoms with Crippen LogP contribution in [-0.4, -0.2) is 25.3 Å². The number of aryl methyl sites for hydroxylation is 1. The van der Waals surface area contributed by atoms with Crippen LogP contribution in [0.25, 0.3) is 0 Å². The Balaban J connectivity index is 1.93. The lowest BCUT2D eigenvalue weighted by Crippen LogP contribution is -2.49. The number of fused-ring (bicyclic) bond motifs is 1. The summed E-state index contributed by atoms with van der Waals surface area (Å²) in [4.78, 5) is 0. The molecule has 0 N–H and O–H groups in total. The highest BCUT2D eigenvalue weighted by Gasteiger charge is 2.40. The second kappa shape index (κ2) is 5.71. The Hall–Kier alpha value is 0.0900. The van der Waals surface area contributed by atoms with Gasteiger partial charge in [-0.2, -0.15) is 4.31 Å². The molecule has 2 heterocycles. The highest BCUT2D eigenvalue weighted by atomic mass is 79.9. The molecule has 0 amide bonds. The van der Waals surface area contributed by atoms with Gasteiger partial charge in [-0.05, 0) is 66.1 Å². The Bertz CT molecular complexity index is 575. The summed E-state index contributed by atoms with van der Waals surface area (Å²) in [5.41, 5.74) is 1.01. The van der Waals surface area contributed by atoms with Crippen molar-refractivity contribution in [1.29, 1.82) is 0 Å². The summed E-state index contributed by atoms with van der Waals surface area (Å²) in [5.74, 6) is 0.580. The predicted molar refractivity (Wildman–Crippen MR) is 85.6 cm³/mol. The van der Waals surface area contributed by atoms with Crippen molar-refractivity contribution in [2.45, 2.75) is 55.7 Å². The molecular formula is C14H20BrNO2S2. The fourth-order valence-electron chi connectivity index (χ4n) is 3.55. The first kappa shape index (κ1) is 15.0. The Morgan fingerprint density at radius 2 is 1.95 bits per heavy atom. The average molecular weight is 378 g/mol. The number of piperidine rings is 1. The largest absolute Gasteiger partial charge is 0.252 e. The molecule has 2 atom stereocenters. The maximum absolute atomic E-state index is 12.9. The van der Waals surface area contributed by atoms with Crippen molar-refractivity contribution in [3.05, 3.63) is 15.4 Å². The Morgan fingerprint density at radius 3 is 2.65 bits per heavy atom. The van der Waals surface area contributed by atoms with Crippen LogP contribution in [0.1, 0.15) is 44.1 Å². The van der Waals surface area contributed by atoms with Crippen molar-refractivity contribution in [1.82, 2.24) is 4.31 Å². The van der Waals surface area contributed by atoms with Gasteiger partial charge >= 0.3 is 0 Å². The maximum atomic E-state index is 12.9. The number of hydrogen-bond donors (Lipinski definition) is 0. The third-order valence-corrected chi connectivity index (χ3v) is 9.10. The third-order valence-electron chi connectivity index (χ3n) is 4.59. The molecule has 1 aliphatic carbocycles. The van der Waals surface area contributed by atoms with Crippen molar-refractivity contribution in [2.24, 2.45) is 5.92 Å². The van der Waals surface area contributed by atoms with Gasteiger partial charge in [-0.25, -0.2) is 8.42 Å². The molecule has 0 radical (unpaired) electrons. The van der Waals surface area contributed by atoms with Crippen molar-refractivity contribution < 1.29 is 8.42 Å². The van der Waals surface area contributed by atoms with E-state index in [-0.39, 0.29) is 6.04 Å². The Labute approximate surface area is 133 Å². The number of halogens is 1. The number of hydrogen-bond acceptors (Lipinski definition) is 3. The van der Waals surface area contributed by atoms with Gasteiger partial charge in [-0.1, -0.05) is 12.8 Å². The quantitative estimate of drug-likeness (QED) is 0.775. The smallest absolute Gasteiger partial charge is 0.206 e. The number of rotatable bonds is 2. The van der Waals surface area contributed by atoms with Crippen molar-refractivity contribution in [2.75, 3.05) is 6.54 Å². The average Bonchev–Trinajstić information content (AvgIpc) is 2.79. The molecule has 0 unspecified atom stereocenters. The Morgan fingerprint density at radius 1 is 1.25 bits per heavy atom. The second-order valence-corrected chi connectivity index (χ2v) is 10.4. The van der Waals surface area contributed by atoms with Crippen molar-refractivity contribution in [3.8, 4) is 0 Å². The van der Waals surface area contributed by atoms with Crippen LogP contribution in [0, 0.1) is 12.8 Å². The van der Waals surface area contributed by atoms with E-state index in [1.165, 1.54) is 37.0 Å². The minimum atomic E-state index is -3.31. The van der Waals surface area contributed by atoms with E-state index in [1.807, 2.05) is 6.92 Å². The zero-order valence-corrected chi connectivity index (χ0v) is 14.9. The lowest BCUT2D eigenvalue weighted by molar-refractivity contribution is 0.129. The summed E-state index contributed by atoms with van der Waals surface area (Å²) in [6.07, 6.45) is 6.87. The fraction of sp³-hybridized carbons (Fsp3) is 0.714. The molecule has 3 rings (SSSR count). The van der Waals surface area contributed by atoms with Gasteiger partial charge in [-0.3, -0.25) is 0 Å². The maximum Gasteiger partial charge on any atom is 0.252 e. The zero-order valence-electron chi connectivity index (χ0n) is 11.6. The van der Waals surface area contributed by atoms with E-state index >= 15 is 0 Å². The summed E-state index contributed by atoms with van der Waals surface area (Å²) >= 11 is 4.78. The molecule has 1 aliphatic heterocycles. The van der Waals surface area contributed by atoms with E-state index in [2.05, 4.69) is 15.9 Å². The molecule has 1 aromatic rings. The molecule has 0 spiro atoms. The highest BCUT2D eigenvalue weighted by Crippen LogP contribution is 2.40. The number of nitrogens with zero attached hydrogens (tertiary/aromatic N) is 1. The summed E-state index contributed by atoms with van der Waals surface area (Å²) < 4.78 is 29.1. The molecule has 3 nitrogen and oxygen atoms in total. The predicted octanol–water partition coefficient (Wildman–Crippen LogP) is 4.16. The fourth-order valence-corrected chi connectivity index (χ4v) is 7.66. The minimum Gasteiger partial charge on any atom is -0.206 e. The minimum absolute atomic E-state index is 0.240. The van der Waals surface area contributed by atoms with E-state index in [1.54, 1.807) is 10.4 Å². The molecule has 6 heteroatoms.